The highest BCUT2D eigenvalue weighted by atomic mass is 32.2. The van der Waals surface area contributed by atoms with Crippen molar-refractivity contribution in [1.29, 1.82) is 5.26 Å². The molecule has 1 aliphatic heterocycles. The van der Waals surface area contributed by atoms with Crippen molar-refractivity contribution < 1.29 is 13.2 Å². The number of likely N-dealkylation sites (tertiary alicyclic amines) is 1. The van der Waals surface area contributed by atoms with Gasteiger partial charge in [0.2, 0.25) is 15.9 Å². The number of nitrogens with one attached hydrogen (secondary N) is 1. The second-order valence-electron chi connectivity index (χ2n) is 9.19. The van der Waals surface area contributed by atoms with Crippen LogP contribution in [0.4, 0.5) is 0 Å². The normalized spacial score (nSPS) is 15.4. The van der Waals surface area contributed by atoms with Crippen LogP contribution >= 0.6 is 0 Å². The fraction of sp³-hybridized carbons (Fsp3) is 0.385. The van der Waals surface area contributed by atoms with Gasteiger partial charge in [0, 0.05) is 37.6 Å². The Kier molecular flexibility index (Phi) is 7.82. The second-order valence-corrected chi connectivity index (χ2v) is 10.9. The molecule has 1 aliphatic rings. The summed E-state index contributed by atoms with van der Waals surface area (Å²) in [7, 11) is -4.02. The van der Waals surface area contributed by atoms with E-state index in [0.29, 0.717) is 48.3 Å². The number of hydrogen-bond acceptors (Lipinski definition) is 6. The van der Waals surface area contributed by atoms with Crippen molar-refractivity contribution in [2.75, 3.05) is 13.1 Å². The van der Waals surface area contributed by atoms with Gasteiger partial charge in [0.15, 0.2) is 0 Å². The molecule has 1 N–H and O–H groups in total. The van der Waals surface area contributed by atoms with E-state index in [1.165, 1.54) is 6.07 Å². The van der Waals surface area contributed by atoms with Crippen molar-refractivity contribution in [1.82, 2.24) is 24.2 Å². The molecule has 9 nitrogen and oxygen atoms in total. The Bertz CT molecular complexity index is 1370. The van der Waals surface area contributed by atoms with Crippen LogP contribution in [0, 0.1) is 24.2 Å². The van der Waals surface area contributed by atoms with Crippen LogP contribution in [0.25, 0.3) is 11.3 Å². The average molecular weight is 507 g/mol. The molecule has 1 unspecified atom stereocenters. The van der Waals surface area contributed by atoms with Crippen LogP contribution in [0.1, 0.15) is 37.7 Å². The summed E-state index contributed by atoms with van der Waals surface area (Å²) >= 11 is 0. The summed E-state index contributed by atoms with van der Waals surface area (Å²) in [6.45, 7) is 5.47. The summed E-state index contributed by atoms with van der Waals surface area (Å²) in [4.78, 5) is 23.7. The number of benzene rings is 1. The Hall–Kier alpha value is -3.55. The van der Waals surface area contributed by atoms with Crippen molar-refractivity contribution in [2.45, 2.75) is 50.6 Å². The molecule has 0 aliphatic carbocycles. The molecule has 0 spiro atoms. The van der Waals surface area contributed by atoms with E-state index in [2.05, 4.69) is 27.7 Å². The number of carbonyl (C=O) groups is 1. The van der Waals surface area contributed by atoms with Crippen LogP contribution in [0.15, 0.2) is 59.8 Å². The van der Waals surface area contributed by atoms with E-state index >= 15 is 0 Å². The SMILES string of the molecule is Cc1nccc(-c2cccc(S(=O)(=O)NC(CCn3cccc3C#N)C(=O)N3CCC(C)CC3)c2)n1. The fourth-order valence-electron chi connectivity index (χ4n) is 4.36. The molecular weight excluding hydrogens is 476 g/mol. The van der Waals surface area contributed by atoms with E-state index in [0.717, 1.165) is 12.8 Å². The summed E-state index contributed by atoms with van der Waals surface area (Å²) in [6.07, 6.45) is 5.38. The zero-order chi connectivity index (χ0) is 25.7. The summed E-state index contributed by atoms with van der Waals surface area (Å²) in [5.41, 5.74) is 1.72. The maximum absolute atomic E-state index is 13.5. The summed E-state index contributed by atoms with van der Waals surface area (Å²) in [6, 6.07) is 12.8. The average Bonchev–Trinajstić information content (AvgIpc) is 3.34. The zero-order valence-corrected chi connectivity index (χ0v) is 21.3. The fourth-order valence-corrected chi connectivity index (χ4v) is 5.62. The lowest BCUT2D eigenvalue weighted by molar-refractivity contribution is -0.134. The Balaban J connectivity index is 1.58. The maximum Gasteiger partial charge on any atom is 0.241 e. The van der Waals surface area contributed by atoms with Gasteiger partial charge in [-0.1, -0.05) is 19.1 Å². The van der Waals surface area contributed by atoms with E-state index in [-0.39, 0.29) is 17.2 Å². The van der Waals surface area contributed by atoms with Crippen LogP contribution in [0.5, 0.6) is 0 Å². The van der Waals surface area contributed by atoms with E-state index in [4.69, 9.17) is 0 Å². The predicted octanol–water partition coefficient (Wildman–Crippen LogP) is 3.12. The summed E-state index contributed by atoms with van der Waals surface area (Å²) < 4.78 is 31.3. The quantitative estimate of drug-likeness (QED) is 0.501. The summed E-state index contributed by atoms with van der Waals surface area (Å²) in [5.74, 6) is 0.885. The highest BCUT2D eigenvalue weighted by Gasteiger charge is 2.31. The van der Waals surface area contributed by atoms with Gasteiger partial charge in [-0.2, -0.15) is 9.98 Å². The molecule has 188 valence electrons. The molecule has 1 amide bonds. The van der Waals surface area contributed by atoms with Gasteiger partial charge in [-0.25, -0.2) is 18.4 Å². The number of nitriles is 1. The molecule has 1 fully saturated rings. The van der Waals surface area contributed by atoms with Crippen LogP contribution < -0.4 is 4.72 Å². The first-order valence-corrected chi connectivity index (χ1v) is 13.5. The van der Waals surface area contributed by atoms with Gasteiger partial charge in [0.25, 0.3) is 0 Å². The number of aryl methyl sites for hydroxylation is 2. The van der Waals surface area contributed by atoms with Gasteiger partial charge >= 0.3 is 0 Å². The molecule has 0 radical (unpaired) electrons. The van der Waals surface area contributed by atoms with Crippen molar-refractivity contribution >= 4 is 15.9 Å². The third-order valence-electron chi connectivity index (χ3n) is 6.51. The second kappa shape index (κ2) is 11.0. The number of aromatic nitrogens is 3. The standard InChI is InChI=1S/C26H30N6O3S/c1-19-9-14-32(15-10-19)26(33)25(11-16-31-13-4-6-22(31)18-27)30-36(34,35)23-7-3-5-21(17-23)24-8-12-28-20(2)29-24/h3-8,12-13,17,19,25,30H,9-11,14-16H2,1-2H3. The Labute approximate surface area is 211 Å². The first kappa shape index (κ1) is 25.5. The monoisotopic (exact) mass is 506 g/mol. The van der Waals surface area contributed by atoms with E-state index in [1.54, 1.807) is 65.2 Å². The van der Waals surface area contributed by atoms with Gasteiger partial charge in [0.1, 0.15) is 23.6 Å². The summed E-state index contributed by atoms with van der Waals surface area (Å²) in [5, 5.41) is 9.32. The Morgan fingerprint density at radius 3 is 2.72 bits per heavy atom. The molecule has 1 saturated heterocycles. The molecular formula is C26H30N6O3S. The zero-order valence-electron chi connectivity index (χ0n) is 20.5. The molecule has 10 heteroatoms. The first-order valence-electron chi connectivity index (χ1n) is 12.0. The third-order valence-corrected chi connectivity index (χ3v) is 7.98. The lowest BCUT2D eigenvalue weighted by Gasteiger charge is -2.33. The molecule has 1 aromatic carbocycles. The van der Waals surface area contributed by atoms with Crippen molar-refractivity contribution in [3.63, 3.8) is 0 Å². The minimum atomic E-state index is -4.02. The molecule has 1 atom stereocenters. The molecule has 0 bridgehead atoms. The van der Waals surface area contributed by atoms with E-state index < -0.39 is 16.1 Å². The number of rotatable bonds is 8. The third kappa shape index (κ3) is 5.98. The largest absolute Gasteiger partial charge is 0.341 e. The van der Waals surface area contributed by atoms with Gasteiger partial charge < -0.3 is 9.47 Å². The number of carbonyl (C=O) groups excluding carboxylic acids is 1. The highest BCUT2D eigenvalue weighted by molar-refractivity contribution is 7.89. The molecule has 36 heavy (non-hydrogen) atoms. The van der Waals surface area contributed by atoms with E-state index in [9.17, 15) is 18.5 Å². The predicted molar refractivity (Wildman–Crippen MR) is 135 cm³/mol. The molecule has 3 heterocycles. The van der Waals surface area contributed by atoms with Crippen LogP contribution in [-0.4, -0.2) is 52.9 Å². The van der Waals surface area contributed by atoms with Crippen molar-refractivity contribution in [3.05, 3.63) is 66.4 Å². The first-order chi connectivity index (χ1) is 17.3. The Morgan fingerprint density at radius 1 is 1.22 bits per heavy atom. The lowest BCUT2D eigenvalue weighted by atomic mass is 9.98. The smallest absolute Gasteiger partial charge is 0.241 e. The van der Waals surface area contributed by atoms with Crippen LogP contribution in [-0.2, 0) is 21.4 Å². The Morgan fingerprint density at radius 2 is 2.00 bits per heavy atom. The number of hydrogen-bond donors (Lipinski definition) is 1. The number of amides is 1. The van der Waals surface area contributed by atoms with Gasteiger partial charge in [0.05, 0.1) is 10.6 Å². The number of piperidine rings is 1. The van der Waals surface area contributed by atoms with Crippen LogP contribution in [0.3, 0.4) is 0 Å². The van der Waals surface area contributed by atoms with E-state index in [1.807, 2.05) is 0 Å². The van der Waals surface area contributed by atoms with Gasteiger partial charge in [-0.3, -0.25) is 4.79 Å². The molecule has 0 saturated carbocycles. The number of nitrogens with zero attached hydrogens (tertiary/aromatic N) is 5. The van der Waals surface area contributed by atoms with Crippen molar-refractivity contribution in [2.24, 2.45) is 5.92 Å². The minimum Gasteiger partial charge on any atom is -0.341 e. The highest BCUT2D eigenvalue weighted by Crippen LogP contribution is 2.22. The van der Waals surface area contributed by atoms with Crippen molar-refractivity contribution in [3.8, 4) is 17.3 Å². The van der Waals surface area contributed by atoms with Gasteiger partial charge in [-0.05, 0) is 62.4 Å². The number of sulfonamides is 1. The van der Waals surface area contributed by atoms with Crippen LogP contribution in [0.2, 0.25) is 0 Å². The molecule has 3 aromatic rings. The van der Waals surface area contributed by atoms with Gasteiger partial charge in [-0.15, -0.1) is 0 Å². The topological polar surface area (TPSA) is 121 Å². The lowest BCUT2D eigenvalue weighted by Crippen LogP contribution is -2.50. The molecule has 2 aromatic heterocycles. The minimum absolute atomic E-state index is 0.0556. The maximum atomic E-state index is 13.5. The molecule has 4 rings (SSSR count).